The fraction of sp³-hybridized carbons (Fsp3) is 0.457. The number of para-hydroxylation sites is 1. The van der Waals surface area contributed by atoms with Crippen LogP contribution in [-0.2, 0) is 29.3 Å². The summed E-state index contributed by atoms with van der Waals surface area (Å²) in [6, 6.07) is 21.4. The van der Waals surface area contributed by atoms with E-state index in [9.17, 15) is 29.0 Å². The summed E-state index contributed by atoms with van der Waals surface area (Å²) < 4.78 is 58.8. The van der Waals surface area contributed by atoms with Crippen LogP contribution in [-0.4, -0.2) is 102 Å². The number of nitrogens with one attached hydrogen (secondary N) is 2. The van der Waals surface area contributed by atoms with Gasteiger partial charge >= 0.3 is 19.2 Å². The van der Waals surface area contributed by atoms with E-state index >= 15 is 8.78 Å². The number of carbonyl (C=O) groups excluding carboxylic acids is 4. The molecule has 332 valence electrons. The number of ether oxygens (including phenoxy) is 1. The first kappa shape index (κ1) is 44.4. The highest BCUT2D eigenvalue weighted by Gasteiger charge is 2.57. The van der Waals surface area contributed by atoms with Gasteiger partial charge in [0.2, 0.25) is 11.8 Å². The minimum atomic E-state index is -5.26. The van der Waals surface area contributed by atoms with Gasteiger partial charge in [-0.1, -0.05) is 54.6 Å². The average molecular weight is 901 g/mol. The number of carbonyl (C=O) groups is 4. The standard InChI is InChI=1S/C46H51F2N6O7PS/c1-27(2)60-45(58)28(3)51-62(59,61-34-13-9-6-10-14-34)46(47,48)33-15-18-40-30(19-33)21-41(63-40)42(55)50-37-20-31-23-52(4)25-36(31)38-16-17-39(54(38)43(37)56)44(57)53-24-32(22-49)35(26-53)29-11-7-5-8-12-29/h5-15,18-19,21,27-28,31-32,35-39H,16-17,20,23-26H2,1-4H3,(H,50,55)(H,51,59)/t28-,31?,32-,35+,36-,37-,38+,39-,62?/m0/s1. The molecule has 0 spiro atoms. The van der Waals surface area contributed by atoms with Crippen molar-refractivity contribution < 1.29 is 41.8 Å². The number of esters is 1. The maximum Gasteiger partial charge on any atom is 0.390 e. The molecule has 4 fully saturated rings. The molecule has 63 heavy (non-hydrogen) atoms. The summed E-state index contributed by atoms with van der Waals surface area (Å²) in [4.78, 5) is 61.7. The van der Waals surface area contributed by atoms with Gasteiger partial charge in [0.1, 0.15) is 23.9 Å². The van der Waals surface area contributed by atoms with Gasteiger partial charge in [0.05, 0.1) is 23.0 Å². The van der Waals surface area contributed by atoms with Gasteiger partial charge in [-0.25, -0.2) is 5.09 Å². The fourth-order valence-electron chi connectivity index (χ4n) is 9.87. The van der Waals surface area contributed by atoms with Crippen molar-refractivity contribution in [3.05, 3.63) is 101 Å². The van der Waals surface area contributed by atoms with Gasteiger partial charge in [0, 0.05) is 48.4 Å². The number of fused-ring (bicyclic) bond motifs is 4. The number of thiophene rings is 1. The van der Waals surface area contributed by atoms with Crippen molar-refractivity contribution in [2.75, 3.05) is 33.2 Å². The van der Waals surface area contributed by atoms with Crippen LogP contribution in [0.3, 0.4) is 0 Å². The summed E-state index contributed by atoms with van der Waals surface area (Å²) in [5.41, 5.74) is -3.85. The van der Waals surface area contributed by atoms with Gasteiger partial charge in [0.15, 0.2) is 0 Å². The minimum Gasteiger partial charge on any atom is -0.462 e. The Bertz CT molecular complexity index is 2470. The fourth-order valence-corrected chi connectivity index (χ4v) is 12.7. The van der Waals surface area contributed by atoms with Crippen molar-refractivity contribution in [1.82, 2.24) is 25.1 Å². The van der Waals surface area contributed by atoms with Crippen molar-refractivity contribution in [3.63, 3.8) is 0 Å². The molecule has 0 radical (unpaired) electrons. The zero-order valence-corrected chi connectivity index (χ0v) is 37.2. The number of rotatable bonds is 12. The Labute approximate surface area is 369 Å². The maximum atomic E-state index is 16.7. The number of halogens is 2. The van der Waals surface area contributed by atoms with E-state index in [1.165, 1.54) is 43.3 Å². The molecule has 0 bridgehead atoms. The molecular weight excluding hydrogens is 850 g/mol. The van der Waals surface area contributed by atoms with E-state index in [4.69, 9.17) is 9.26 Å². The third kappa shape index (κ3) is 8.73. The summed E-state index contributed by atoms with van der Waals surface area (Å²) in [6.45, 7) is 6.59. The Balaban J connectivity index is 1.03. The minimum absolute atomic E-state index is 0.0786. The highest BCUT2D eigenvalue weighted by Crippen LogP contribution is 2.63. The smallest absolute Gasteiger partial charge is 0.390 e. The number of nitrogens with zero attached hydrogens (tertiary/aromatic N) is 4. The maximum absolute atomic E-state index is 16.7. The molecule has 9 atom stereocenters. The molecule has 3 amide bonds. The third-order valence-corrected chi connectivity index (χ3v) is 16.1. The van der Waals surface area contributed by atoms with Crippen LogP contribution in [0.4, 0.5) is 8.78 Å². The van der Waals surface area contributed by atoms with Gasteiger partial charge in [-0.2, -0.15) is 14.0 Å². The molecular formula is C46H51F2N6O7PS. The van der Waals surface area contributed by atoms with Gasteiger partial charge in [-0.05, 0) is 100 Å². The van der Waals surface area contributed by atoms with E-state index in [1.54, 1.807) is 29.7 Å². The lowest BCUT2D eigenvalue weighted by molar-refractivity contribution is -0.149. The molecule has 13 nitrogen and oxygen atoms in total. The van der Waals surface area contributed by atoms with Crippen LogP contribution in [0, 0.1) is 29.1 Å². The topological polar surface area (TPSA) is 161 Å². The Hall–Kier alpha value is -5.20. The summed E-state index contributed by atoms with van der Waals surface area (Å²) >= 11 is 1.06. The van der Waals surface area contributed by atoms with Crippen LogP contribution in [0.2, 0.25) is 0 Å². The summed E-state index contributed by atoms with van der Waals surface area (Å²) in [6.07, 6.45) is 0.962. The average Bonchev–Trinajstić information content (AvgIpc) is 4.06. The Morgan fingerprint density at radius 1 is 0.952 bits per heavy atom. The number of nitriles is 1. The predicted molar refractivity (Wildman–Crippen MR) is 233 cm³/mol. The summed E-state index contributed by atoms with van der Waals surface area (Å²) in [5.74, 6) is -2.41. The van der Waals surface area contributed by atoms with Crippen LogP contribution in [0.25, 0.3) is 10.1 Å². The van der Waals surface area contributed by atoms with Gasteiger partial charge in [0.25, 0.3) is 5.91 Å². The summed E-state index contributed by atoms with van der Waals surface area (Å²) in [5, 5.41) is 15.5. The molecule has 0 aliphatic carbocycles. The molecule has 0 saturated carbocycles. The van der Waals surface area contributed by atoms with E-state index < -0.39 is 54.9 Å². The van der Waals surface area contributed by atoms with Gasteiger partial charge in [-0.3, -0.25) is 23.7 Å². The van der Waals surface area contributed by atoms with Gasteiger partial charge < -0.3 is 29.3 Å². The zero-order chi connectivity index (χ0) is 44.8. The van der Waals surface area contributed by atoms with Crippen LogP contribution in [0.15, 0.2) is 84.9 Å². The van der Waals surface area contributed by atoms with Crippen LogP contribution in [0.5, 0.6) is 5.75 Å². The van der Waals surface area contributed by atoms with Crippen LogP contribution in [0.1, 0.15) is 66.8 Å². The number of likely N-dealkylation sites (tertiary alicyclic amines) is 2. The monoisotopic (exact) mass is 900 g/mol. The van der Waals surface area contributed by atoms with Crippen LogP contribution < -0.4 is 14.9 Å². The first-order valence-corrected chi connectivity index (χ1v) is 23.8. The Morgan fingerprint density at radius 3 is 2.37 bits per heavy atom. The highest BCUT2D eigenvalue weighted by molar-refractivity contribution is 7.58. The first-order valence-electron chi connectivity index (χ1n) is 21.4. The number of hydrogen-bond donors (Lipinski definition) is 2. The zero-order valence-electron chi connectivity index (χ0n) is 35.5. The molecule has 3 aromatic carbocycles. The number of benzene rings is 3. The van der Waals surface area contributed by atoms with Crippen LogP contribution >= 0.6 is 18.9 Å². The molecule has 4 saturated heterocycles. The van der Waals surface area contributed by atoms with E-state index in [0.717, 1.165) is 42.1 Å². The largest absolute Gasteiger partial charge is 0.462 e. The van der Waals surface area contributed by atoms with Gasteiger partial charge in [-0.15, -0.1) is 11.3 Å². The molecule has 1 aromatic heterocycles. The molecule has 17 heteroatoms. The Morgan fingerprint density at radius 2 is 1.67 bits per heavy atom. The SMILES string of the molecule is CC(C)OC(=O)[C@H](C)NP(=O)(Oc1ccccc1)C(F)(F)c1ccc2sc(C(=O)N[C@H]3CC4CN(C)C[C@@H]4[C@H]4CC[C@@H](C(=O)N5C[C@H](c6ccccc6)[C@@H](C#N)C5)N4C3=O)cc2c1. The lowest BCUT2D eigenvalue weighted by Crippen LogP contribution is -2.55. The lowest BCUT2D eigenvalue weighted by atomic mass is 9.85. The van der Waals surface area contributed by atoms with E-state index in [2.05, 4.69) is 21.4 Å². The second-order valence-electron chi connectivity index (χ2n) is 17.5. The lowest BCUT2D eigenvalue weighted by Gasteiger charge is -2.34. The van der Waals surface area contributed by atoms with E-state index in [0.29, 0.717) is 30.5 Å². The molecule has 5 heterocycles. The Kier molecular flexibility index (Phi) is 12.5. The molecule has 2 unspecified atom stereocenters. The van der Waals surface area contributed by atoms with Crippen molar-refractivity contribution in [2.24, 2.45) is 17.8 Å². The predicted octanol–water partition coefficient (Wildman–Crippen LogP) is 6.96. The molecule has 4 aromatic rings. The quantitative estimate of drug-likeness (QED) is 0.112. The number of alkyl halides is 2. The van der Waals surface area contributed by atoms with Crippen molar-refractivity contribution in [1.29, 1.82) is 5.26 Å². The second kappa shape index (κ2) is 17.8. The van der Waals surface area contributed by atoms with E-state index in [1.807, 2.05) is 37.4 Å². The molecule has 8 rings (SSSR count). The number of hydrogen-bond acceptors (Lipinski definition) is 10. The normalized spacial score (nSPS) is 26.4. The molecule has 4 aliphatic heterocycles. The number of amides is 3. The second-order valence-corrected chi connectivity index (χ2v) is 20.7. The third-order valence-electron chi connectivity index (χ3n) is 12.8. The molecule has 2 N–H and O–H groups in total. The molecule has 4 aliphatic rings. The van der Waals surface area contributed by atoms with Crippen molar-refractivity contribution in [2.45, 2.75) is 81.9 Å². The first-order chi connectivity index (χ1) is 30.1. The summed E-state index contributed by atoms with van der Waals surface area (Å²) in [7, 11) is -3.23. The van der Waals surface area contributed by atoms with E-state index in [-0.39, 0.29) is 64.1 Å². The van der Waals surface area contributed by atoms with Crippen molar-refractivity contribution in [3.8, 4) is 11.8 Å². The highest BCUT2D eigenvalue weighted by atomic mass is 32.1. The van der Waals surface area contributed by atoms with Crippen molar-refractivity contribution >= 4 is 52.6 Å².